The molecule has 0 bridgehead atoms. The van der Waals surface area contributed by atoms with E-state index in [0.29, 0.717) is 0 Å². The number of carbonyl (C=O) groups excluding carboxylic acids is 1. The zero-order valence-electron chi connectivity index (χ0n) is 11.1. The van der Waals surface area contributed by atoms with Crippen molar-refractivity contribution in [2.45, 2.75) is 25.7 Å². The van der Waals surface area contributed by atoms with Gasteiger partial charge in [0.25, 0.3) is 5.91 Å². The monoisotopic (exact) mass is 285 g/mol. The Morgan fingerprint density at radius 3 is 2.45 bits per heavy atom. The van der Waals surface area contributed by atoms with Gasteiger partial charge in [0.15, 0.2) is 0 Å². The van der Waals surface area contributed by atoms with E-state index in [4.69, 9.17) is 0 Å². The van der Waals surface area contributed by atoms with Crippen molar-refractivity contribution in [3.8, 4) is 0 Å². The number of allylic oxidation sites excluding steroid dienone is 1. The predicted octanol–water partition coefficient (Wildman–Crippen LogP) is 3.02. The molecule has 5 heteroatoms. The second-order valence-corrected chi connectivity index (χ2v) is 6.00. The van der Waals surface area contributed by atoms with E-state index < -0.39 is 0 Å². The van der Waals surface area contributed by atoms with E-state index in [1.807, 2.05) is 23.1 Å². The second-order valence-electron chi connectivity index (χ2n) is 5.47. The molecule has 4 nitrogen and oxygen atoms in total. The lowest BCUT2D eigenvalue weighted by molar-refractivity contribution is 0.0743. The predicted molar refractivity (Wildman–Crippen MR) is 78.8 cm³/mol. The molecule has 4 rings (SSSR count). The first-order valence-electron chi connectivity index (χ1n) is 7.02. The van der Waals surface area contributed by atoms with E-state index in [1.165, 1.54) is 24.6 Å². The molecule has 20 heavy (non-hydrogen) atoms. The van der Waals surface area contributed by atoms with Crippen molar-refractivity contribution in [1.29, 1.82) is 0 Å². The molecule has 1 aliphatic carbocycles. The summed E-state index contributed by atoms with van der Waals surface area (Å²) in [4.78, 5) is 14.5. The topological polar surface area (TPSA) is 46.1 Å². The Bertz CT molecular complexity index is 703. The van der Waals surface area contributed by atoms with Gasteiger partial charge in [0.1, 0.15) is 11.0 Å². The molecule has 1 saturated heterocycles. The molecule has 2 fully saturated rings. The lowest BCUT2D eigenvalue weighted by atomic mass is 10.0. The first-order chi connectivity index (χ1) is 9.81. The van der Waals surface area contributed by atoms with Gasteiger partial charge >= 0.3 is 0 Å². The van der Waals surface area contributed by atoms with Gasteiger partial charge in [-0.05, 0) is 43.9 Å². The van der Waals surface area contributed by atoms with E-state index in [2.05, 4.69) is 8.75 Å². The molecule has 2 heterocycles. The summed E-state index contributed by atoms with van der Waals surface area (Å²) in [6.45, 7) is 1.70. The highest BCUT2D eigenvalue weighted by Crippen LogP contribution is 2.36. The molecule has 1 aromatic heterocycles. The number of hydrogen-bond donors (Lipinski definition) is 0. The minimum Gasteiger partial charge on any atom is -0.338 e. The molecule has 2 aromatic rings. The van der Waals surface area contributed by atoms with Crippen molar-refractivity contribution in [2.24, 2.45) is 0 Å². The van der Waals surface area contributed by atoms with E-state index in [-0.39, 0.29) is 5.91 Å². The Hall–Kier alpha value is -1.75. The van der Waals surface area contributed by atoms with Gasteiger partial charge in [-0.3, -0.25) is 4.79 Å². The lowest BCUT2D eigenvalue weighted by Gasteiger charge is -2.28. The molecule has 1 aromatic carbocycles. The molecule has 2 aliphatic rings. The Balaban J connectivity index is 1.53. The van der Waals surface area contributed by atoms with Gasteiger partial charge in [-0.25, -0.2) is 0 Å². The standard InChI is InChI=1S/C15H15N3OS/c19-15(12-3-4-13-14(9-12)17-20-16-13)18-7-5-11(6-8-18)10-1-2-10/h3-4,9H,1-2,5-8H2. The minimum atomic E-state index is 0.125. The van der Waals surface area contributed by atoms with Gasteiger partial charge in [-0.15, -0.1) is 0 Å². The van der Waals surface area contributed by atoms with Gasteiger partial charge in [-0.1, -0.05) is 11.1 Å². The number of aromatic nitrogens is 2. The Morgan fingerprint density at radius 1 is 1.00 bits per heavy atom. The fourth-order valence-corrected chi connectivity index (χ4v) is 3.36. The number of nitrogens with zero attached hydrogens (tertiary/aromatic N) is 3. The summed E-state index contributed by atoms with van der Waals surface area (Å²) in [5.74, 6) is 0.125. The maximum Gasteiger partial charge on any atom is 0.253 e. The van der Waals surface area contributed by atoms with Crippen LogP contribution in [-0.2, 0) is 0 Å². The zero-order chi connectivity index (χ0) is 13.5. The Kier molecular flexibility index (Phi) is 2.80. The van der Waals surface area contributed by atoms with Gasteiger partial charge in [-0.2, -0.15) is 8.75 Å². The van der Waals surface area contributed by atoms with Crippen LogP contribution < -0.4 is 0 Å². The first-order valence-corrected chi connectivity index (χ1v) is 7.76. The number of fused-ring (bicyclic) bond motifs is 1. The summed E-state index contributed by atoms with van der Waals surface area (Å²) in [6, 6.07) is 5.60. The molecular weight excluding hydrogens is 270 g/mol. The van der Waals surface area contributed by atoms with Gasteiger partial charge in [0.2, 0.25) is 0 Å². The number of piperidine rings is 1. The molecular formula is C15H15N3OS. The summed E-state index contributed by atoms with van der Waals surface area (Å²) in [7, 11) is 0. The summed E-state index contributed by atoms with van der Waals surface area (Å²) >= 11 is 1.19. The van der Waals surface area contributed by atoms with Gasteiger partial charge < -0.3 is 4.90 Å². The molecule has 1 aliphatic heterocycles. The van der Waals surface area contributed by atoms with Crippen LogP contribution in [0.4, 0.5) is 0 Å². The first kappa shape index (κ1) is 12.0. The lowest BCUT2D eigenvalue weighted by Crippen LogP contribution is -2.36. The van der Waals surface area contributed by atoms with Crippen molar-refractivity contribution in [2.75, 3.05) is 13.1 Å². The van der Waals surface area contributed by atoms with E-state index in [0.717, 1.165) is 42.5 Å². The SMILES string of the molecule is O=C(c1ccc2nsnc2c1)N1CCC(=C2CC2)CC1. The number of hydrogen-bond acceptors (Lipinski definition) is 4. The van der Waals surface area contributed by atoms with Crippen molar-refractivity contribution >= 4 is 28.7 Å². The van der Waals surface area contributed by atoms with Crippen LogP contribution in [0.25, 0.3) is 11.0 Å². The molecule has 0 spiro atoms. The van der Waals surface area contributed by atoms with Crippen LogP contribution in [0.1, 0.15) is 36.0 Å². The largest absolute Gasteiger partial charge is 0.338 e. The highest BCUT2D eigenvalue weighted by Gasteiger charge is 2.25. The average Bonchev–Trinajstić information content (AvgIpc) is 3.24. The fraction of sp³-hybridized carbons (Fsp3) is 0.400. The van der Waals surface area contributed by atoms with Crippen LogP contribution in [0.3, 0.4) is 0 Å². The Morgan fingerprint density at radius 2 is 1.70 bits per heavy atom. The second kappa shape index (κ2) is 4.66. The highest BCUT2D eigenvalue weighted by molar-refractivity contribution is 7.00. The van der Waals surface area contributed by atoms with Gasteiger partial charge in [0.05, 0.1) is 11.7 Å². The third-order valence-electron chi connectivity index (χ3n) is 4.15. The number of amides is 1. The van der Waals surface area contributed by atoms with Crippen molar-refractivity contribution in [3.05, 3.63) is 34.9 Å². The van der Waals surface area contributed by atoms with E-state index in [9.17, 15) is 4.79 Å². The number of likely N-dealkylation sites (tertiary alicyclic amines) is 1. The van der Waals surface area contributed by atoms with Crippen LogP contribution in [0.15, 0.2) is 29.3 Å². The van der Waals surface area contributed by atoms with E-state index >= 15 is 0 Å². The van der Waals surface area contributed by atoms with Crippen molar-refractivity contribution in [1.82, 2.24) is 13.6 Å². The molecule has 102 valence electrons. The van der Waals surface area contributed by atoms with Crippen LogP contribution in [0, 0.1) is 0 Å². The summed E-state index contributed by atoms with van der Waals surface area (Å²) < 4.78 is 8.37. The van der Waals surface area contributed by atoms with Gasteiger partial charge in [0, 0.05) is 18.7 Å². The third-order valence-corrected chi connectivity index (χ3v) is 4.71. The summed E-state index contributed by atoms with van der Waals surface area (Å²) in [5, 5.41) is 0. The normalized spacial score (nSPS) is 18.7. The average molecular weight is 285 g/mol. The molecule has 1 saturated carbocycles. The zero-order valence-corrected chi connectivity index (χ0v) is 11.9. The fourth-order valence-electron chi connectivity index (χ4n) is 2.85. The highest BCUT2D eigenvalue weighted by atomic mass is 32.1. The van der Waals surface area contributed by atoms with Crippen LogP contribution in [0.2, 0.25) is 0 Å². The smallest absolute Gasteiger partial charge is 0.253 e. The van der Waals surface area contributed by atoms with Crippen molar-refractivity contribution < 1.29 is 4.79 Å². The number of rotatable bonds is 1. The number of carbonyl (C=O) groups is 1. The van der Waals surface area contributed by atoms with Crippen LogP contribution in [0.5, 0.6) is 0 Å². The van der Waals surface area contributed by atoms with Crippen molar-refractivity contribution in [3.63, 3.8) is 0 Å². The van der Waals surface area contributed by atoms with E-state index in [1.54, 1.807) is 11.1 Å². The minimum absolute atomic E-state index is 0.125. The molecule has 0 N–H and O–H groups in total. The van der Waals surface area contributed by atoms with Crippen LogP contribution >= 0.6 is 11.7 Å². The maximum absolute atomic E-state index is 12.5. The molecule has 0 atom stereocenters. The quantitative estimate of drug-likeness (QED) is 0.757. The molecule has 0 unspecified atom stereocenters. The van der Waals surface area contributed by atoms with Crippen LogP contribution in [-0.4, -0.2) is 32.6 Å². The number of benzene rings is 1. The summed E-state index contributed by atoms with van der Waals surface area (Å²) in [5.41, 5.74) is 5.66. The summed E-state index contributed by atoms with van der Waals surface area (Å²) in [6.07, 6.45) is 4.69. The molecule has 1 amide bonds. The maximum atomic E-state index is 12.5. The third kappa shape index (κ3) is 2.12. The Labute approximate surface area is 121 Å². The molecule has 0 radical (unpaired) electrons.